The van der Waals surface area contributed by atoms with Gasteiger partial charge in [-0.15, -0.1) is 0 Å². The molecule has 0 spiro atoms. The summed E-state index contributed by atoms with van der Waals surface area (Å²) in [5.74, 6) is 0.561. The standard InChI is InChI=1S/C23H21BN4O2/c1-16-23(30-15-19-4-2-3-18(9-19)11-26)22(14-29)20(12-27-16)13-28(24)21-7-5-17(10-25)6-8-21/h2-9,12,29H,13-15,24H2,1H3. The molecule has 3 rings (SSSR count). The molecule has 0 aliphatic rings. The number of aliphatic hydroxyl groups is 1. The van der Waals surface area contributed by atoms with E-state index < -0.39 is 0 Å². The van der Waals surface area contributed by atoms with Crippen LogP contribution in [-0.4, -0.2) is 18.1 Å². The molecule has 1 heterocycles. The van der Waals surface area contributed by atoms with Crippen LogP contribution in [0, 0.1) is 29.6 Å². The molecule has 1 N–H and O–H groups in total. The lowest BCUT2D eigenvalue weighted by Gasteiger charge is -2.23. The second kappa shape index (κ2) is 9.60. The molecule has 0 radical (unpaired) electrons. The zero-order chi connectivity index (χ0) is 21.5. The minimum absolute atomic E-state index is 0.173. The average Bonchev–Trinajstić information content (AvgIpc) is 2.79. The molecule has 7 heteroatoms. The van der Waals surface area contributed by atoms with Gasteiger partial charge in [0.2, 0.25) is 7.98 Å². The van der Waals surface area contributed by atoms with Crippen molar-refractivity contribution in [2.24, 2.45) is 0 Å². The number of hydrogen-bond acceptors (Lipinski definition) is 6. The van der Waals surface area contributed by atoms with Gasteiger partial charge in [0, 0.05) is 24.0 Å². The Balaban J connectivity index is 1.82. The van der Waals surface area contributed by atoms with E-state index in [1.54, 1.807) is 30.5 Å². The Morgan fingerprint density at radius 3 is 2.50 bits per heavy atom. The van der Waals surface area contributed by atoms with Crippen molar-refractivity contribution in [1.29, 1.82) is 10.5 Å². The lowest BCUT2D eigenvalue weighted by Crippen LogP contribution is -2.20. The maximum atomic E-state index is 10.0. The third-order valence-corrected chi connectivity index (χ3v) is 4.85. The summed E-state index contributed by atoms with van der Waals surface area (Å²) < 4.78 is 6.02. The zero-order valence-corrected chi connectivity index (χ0v) is 17.0. The fourth-order valence-corrected chi connectivity index (χ4v) is 3.20. The van der Waals surface area contributed by atoms with Crippen LogP contribution in [0.5, 0.6) is 5.75 Å². The molecule has 1 aromatic heterocycles. The Bertz CT molecular complexity index is 1120. The van der Waals surface area contributed by atoms with E-state index in [0.29, 0.717) is 34.7 Å². The Labute approximate surface area is 177 Å². The van der Waals surface area contributed by atoms with Crippen molar-refractivity contribution in [2.45, 2.75) is 26.7 Å². The van der Waals surface area contributed by atoms with E-state index in [1.807, 2.05) is 44.0 Å². The summed E-state index contributed by atoms with van der Waals surface area (Å²) in [5.41, 5.74) is 5.25. The quantitative estimate of drug-likeness (QED) is 0.618. The number of aliphatic hydroxyl groups excluding tert-OH is 1. The molecule has 0 atom stereocenters. The Kier molecular flexibility index (Phi) is 6.69. The van der Waals surface area contributed by atoms with E-state index in [1.165, 1.54) is 0 Å². The fourth-order valence-electron chi connectivity index (χ4n) is 3.20. The number of aromatic nitrogens is 1. The van der Waals surface area contributed by atoms with Crippen LogP contribution in [-0.2, 0) is 19.8 Å². The summed E-state index contributed by atoms with van der Waals surface area (Å²) >= 11 is 0. The van der Waals surface area contributed by atoms with Gasteiger partial charge in [0.15, 0.2) is 0 Å². The van der Waals surface area contributed by atoms with Crippen LogP contribution < -0.4 is 9.55 Å². The van der Waals surface area contributed by atoms with E-state index in [0.717, 1.165) is 16.8 Å². The average molecular weight is 396 g/mol. The van der Waals surface area contributed by atoms with Gasteiger partial charge in [0.1, 0.15) is 12.4 Å². The number of pyridine rings is 1. The molecule has 0 aliphatic carbocycles. The van der Waals surface area contributed by atoms with Crippen molar-refractivity contribution in [2.75, 3.05) is 4.81 Å². The third kappa shape index (κ3) is 4.78. The number of rotatable bonds is 7. The molecular formula is C23H21BN4O2. The second-order valence-corrected chi connectivity index (χ2v) is 6.95. The first-order valence-electron chi connectivity index (χ1n) is 9.47. The highest BCUT2D eigenvalue weighted by molar-refractivity contribution is 6.17. The van der Waals surface area contributed by atoms with Crippen LogP contribution in [0.2, 0.25) is 0 Å². The molecule has 148 valence electrons. The molecular weight excluding hydrogens is 375 g/mol. The molecule has 0 fully saturated rings. The molecule has 0 saturated carbocycles. The molecule has 0 saturated heterocycles. The van der Waals surface area contributed by atoms with E-state index in [4.69, 9.17) is 15.3 Å². The summed E-state index contributed by atoms with van der Waals surface area (Å²) in [6.07, 6.45) is 1.75. The van der Waals surface area contributed by atoms with E-state index >= 15 is 0 Å². The predicted octanol–water partition coefficient (Wildman–Crippen LogP) is 2.76. The van der Waals surface area contributed by atoms with Gasteiger partial charge in [0.25, 0.3) is 0 Å². The number of nitriles is 2. The van der Waals surface area contributed by atoms with Crippen molar-refractivity contribution >= 4 is 13.7 Å². The highest BCUT2D eigenvalue weighted by Crippen LogP contribution is 2.28. The third-order valence-electron chi connectivity index (χ3n) is 4.85. The molecule has 0 bridgehead atoms. The van der Waals surface area contributed by atoms with Crippen molar-refractivity contribution < 1.29 is 9.84 Å². The van der Waals surface area contributed by atoms with Gasteiger partial charge in [-0.25, -0.2) is 0 Å². The summed E-state index contributed by atoms with van der Waals surface area (Å²) in [5, 5.41) is 28.1. The largest absolute Gasteiger partial charge is 0.487 e. The summed E-state index contributed by atoms with van der Waals surface area (Å²) in [7, 11) is 1.94. The van der Waals surface area contributed by atoms with Crippen LogP contribution in [0.3, 0.4) is 0 Å². The molecule has 30 heavy (non-hydrogen) atoms. The minimum atomic E-state index is -0.173. The lowest BCUT2D eigenvalue weighted by molar-refractivity contribution is 0.255. The molecule has 0 amide bonds. The molecule has 3 aromatic rings. The minimum Gasteiger partial charge on any atom is -0.487 e. The van der Waals surface area contributed by atoms with Gasteiger partial charge in [0.05, 0.1) is 35.6 Å². The number of nitrogens with zero attached hydrogens (tertiary/aromatic N) is 4. The van der Waals surface area contributed by atoms with Crippen molar-refractivity contribution in [3.05, 3.63) is 88.2 Å². The van der Waals surface area contributed by atoms with Gasteiger partial charge >= 0.3 is 0 Å². The lowest BCUT2D eigenvalue weighted by atomic mass is 10.0. The number of hydrogen-bond donors (Lipinski definition) is 1. The topological polar surface area (TPSA) is 93.2 Å². The maximum absolute atomic E-state index is 10.0. The van der Waals surface area contributed by atoms with Gasteiger partial charge in [-0.2, -0.15) is 10.5 Å². The van der Waals surface area contributed by atoms with E-state index in [2.05, 4.69) is 17.1 Å². The zero-order valence-electron chi connectivity index (χ0n) is 17.0. The number of anilines is 1. The van der Waals surface area contributed by atoms with Crippen LogP contribution in [0.4, 0.5) is 5.69 Å². The van der Waals surface area contributed by atoms with Crippen molar-refractivity contribution in [3.63, 3.8) is 0 Å². The van der Waals surface area contributed by atoms with Gasteiger partial charge in [-0.05, 0) is 54.4 Å². The maximum Gasteiger partial charge on any atom is 0.217 e. The molecule has 0 aliphatic heterocycles. The van der Waals surface area contributed by atoms with Gasteiger partial charge in [-0.1, -0.05) is 12.1 Å². The highest BCUT2D eigenvalue weighted by atomic mass is 16.5. The van der Waals surface area contributed by atoms with Crippen molar-refractivity contribution in [1.82, 2.24) is 4.98 Å². The first-order chi connectivity index (χ1) is 14.5. The Morgan fingerprint density at radius 2 is 1.83 bits per heavy atom. The number of ether oxygens (including phenoxy) is 1. The molecule has 6 nitrogen and oxygen atoms in total. The highest BCUT2D eigenvalue weighted by Gasteiger charge is 2.15. The van der Waals surface area contributed by atoms with Crippen molar-refractivity contribution in [3.8, 4) is 17.9 Å². The summed E-state index contributed by atoms with van der Waals surface area (Å²) in [6, 6.07) is 18.8. The monoisotopic (exact) mass is 396 g/mol. The first kappa shape index (κ1) is 20.9. The SMILES string of the molecule is BN(Cc1cnc(C)c(OCc2cccc(C#N)c2)c1CO)c1ccc(C#N)cc1. The summed E-state index contributed by atoms with van der Waals surface area (Å²) in [4.78, 5) is 6.47. The van der Waals surface area contributed by atoms with E-state index in [9.17, 15) is 5.11 Å². The van der Waals surface area contributed by atoms with Crippen LogP contribution in [0.1, 0.15) is 33.5 Å². The van der Waals surface area contributed by atoms with Crippen LogP contribution >= 0.6 is 0 Å². The summed E-state index contributed by atoms with van der Waals surface area (Å²) in [6.45, 7) is 2.47. The fraction of sp³-hybridized carbons (Fsp3) is 0.174. The van der Waals surface area contributed by atoms with E-state index in [-0.39, 0.29) is 13.2 Å². The second-order valence-electron chi connectivity index (χ2n) is 6.95. The Morgan fingerprint density at radius 1 is 1.10 bits per heavy atom. The number of benzene rings is 2. The Hall–Kier alpha value is -3.81. The first-order valence-corrected chi connectivity index (χ1v) is 9.47. The van der Waals surface area contributed by atoms with Crippen LogP contribution in [0.25, 0.3) is 0 Å². The predicted molar refractivity (Wildman–Crippen MR) is 116 cm³/mol. The van der Waals surface area contributed by atoms with Gasteiger partial charge in [-0.3, -0.25) is 4.98 Å². The number of aryl methyl sites for hydroxylation is 1. The molecule has 2 aromatic carbocycles. The molecule has 0 unspecified atom stereocenters. The van der Waals surface area contributed by atoms with Gasteiger partial charge < -0.3 is 14.7 Å². The normalized spacial score (nSPS) is 10.1. The van der Waals surface area contributed by atoms with Crippen LogP contribution in [0.15, 0.2) is 54.7 Å². The smallest absolute Gasteiger partial charge is 0.217 e.